The maximum atomic E-state index is 4.38. The lowest BCUT2D eigenvalue weighted by Gasteiger charge is -2.33. The van der Waals surface area contributed by atoms with E-state index in [0.717, 1.165) is 23.4 Å². The molecule has 0 spiro atoms. The van der Waals surface area contributed by atoms with Gasteiger partial charge in [0.05, 0.1) is 10.5 Å². The van der Waals surface area contributed by atoms with Gasteiger partial charge in [-0.3, -0.25) is 0 Å². The number of fused-ring (bicyclic) bond motifs is 1. The van der Waals surface area contributed by atoms with Crippen LogP contribution in [-0.4, -0.2) is 16.5 Å². The highest BCUT2D eigenvalue weighted by molar-refractivity contribution is 9.10. The molecule has 0 aliphatic carbocycles. The van der Waals surface area contributed by atoms with Crippen LogP contribution in [0.15, 0.2) is 28.3 Å². The Bertz CT molecular complexity index is 523. The summed E-state index contributed by atoms with van der Waals surface area (Å²) < 4.78 is 0.919. The number of aromatic nitrogens is 2. The van der Waals surface area contributed by atoms with Gasteiger partial charge in [-0.2, -0.15) is 0 Å². The van der Waals surface area contributed by atoms with E-state index in [1.807, 2.05) is 11.3 Å². The van der Waals surface area contributed by atoms with Gasteiger partial charge in [0, 0.05) is 23.8 Å². The monoisotopic (exact) mass is 309 g/mol. The van der Waals surface area contributed by atoms with Crippen molar-refractivity contribution in [2.45, 2.75) is 19.4 Å². The van der Waals surface area contributed by atoms with Crippen LogP contribution in [0.3, 0.4) is 0 Å². The molecule has 0 fully saturated rings. The zero-order valence-electron chi connectivity index (χ0n) is 9.43. The highest BCUT2D eigenvalue weighted by Crippen LogP contribution is 2.34. The Morgan fingerprint density at radius 1 is 1.41 bits per heavy atom. The normalized spacial score (nSPS) is 19.2. The predicted molar refractivity (Wildman–Crippen MR) is 73.5 cm³/mol. The molecule has 3 rings (SSSR count). The first kappa shape index (κ1) is 11.2. The van der Waals surface area contributed by atoms with Crippen LogP contribution < -0.4 is 4.90 Å². The first-order chi connectivity index (χ1) is 8.25. The van der Waals surface area contributed by atoms with Gasteiger partial charge in [0.25, 0.3) is 0 Å². The van der Waals surface area contributed by atoms with E-state index in [9.17, 15) is 0 Å². The third kappa shape index (κ3) is 1.98. The average molecular weight is 310 g/mol. The molecule has 3 nitrogen and oxygen atoms in total. The summed E-state index contributed by atoms with van der Waals surface area (Å²) in [5, 5.41) is 2.17. The van der Waals surface area contributed by atoms with Gasteiger partial charge in [0.15, 0.2) is 0 Å². The molecule has 0 amide bonds. The summed E-state index contributed by atoms with van der Waals surface area (Å²) in [7, 11) is 0. The molecule has 0 unspecified atom stereocenters. The molecule has 0 N–H and O–H groups in total. The Kier molecular flexibility index (Phi) is 2.88. The van der Waals surface area contributed by atoms with Crippen LogP contribution in [-0.2, 0) is 6.42 Å². The van der Waals surface area contributed by atoms with Crippen LogP contribution in [0, 0.1) is 0 Å². The van der Waals surface area contributed by atoms with Gasteiger partial charge in [-0.25, -0.2) is 9.97 Å². The number of hydrogen-bond acceptors (Lipinski definition) is 4. The summed E-state index contributed by atoms with van der Waals surface area (Å²) in [6.07, 6.45) is 4.70. The molecule has 0 aromatic carbocycles. The lowest BCUT2D eigenvalue weighted by molar-refractivity contribution is 0.615. The van der Waals surface area contributed by atoms with E-state index in [1.54, 1.807) is 12.4 Å². The lowest BCUT2D eigenvalue weighted by atomic mass is 10.0. The first-order valence-corrected chi connectivity index (χ1v) is 7.23. The molecule has 0 saturated carbocycles. The van der Waals surface area contributed by atoms with Gasteiger partial charge in [-0.1, -0.05) is 0 Å². The van der Waals surface area contributed by atoms with Gasteiger partial charge in [0.2, 0.25) is 5.95 Å². The van der Waals surface area contributed by atoms with Gasteiger partial charge in [-0.15, -0.1) is 11.3 Å². The Labute approximate surface area is 113 Å². The van der Waals surface area contributed by atoms with E-state index in [1.165, 1.54) is 10.4 Å². The molecule has 0 bridgehead atoms. The summed E-state index contributed by atoms with van der Waals surface area (Å²) in [6, 6.07) is 2.58. The van der Waals surface area contributed by atoms with Crippen LogP contribution in [0.5, 0.6) is 0 Å². The number of hydrogen-bond donors (Lipinski definition) is 0. The second-order valence-electron chi connectivity index (χ2n) is 4.12. The van der Waals surface area contributed by atoms with E-state index in [0.29, 0.717) is 6.04 Å². The van der Waals surface area contributed by atoms with E-state index in [-0.39, 0.29) is 0 Å². The Morgan fingerprint density at radius 3 is 2.94 bits per heavy atom. The number of rotatable bonds is 1. The van der Waals surface area contributed by atoms with Crippen molar-refractivity contribution in [2.24, 2.45) is 0 Å². The minimum atomic E-state index is 0.367. The SMILES string of the molecule is C[C@@H]1c2ccsc2CCN1c1ncc(Br)cn1. The second-order valence-corrected chi connectivity index (χ2v) is 6.04. The molecule has 2 aromatic rings. The van der Waals surface area contributed by atoms with Gasteiger partial charge < -0.3 is 4.90 Å². The summed E-state index contributed by atoms with van der Waals surface area (Å²) in [4.78, 5) is 12.5. The van der Waals surface area contributed by atoms with Crippen LogP contribution in [0.2, 0.25) is 0 Å². The molecular weight excluding hydrogens is 298 g/mol. The quantitative estimate of drug-likeness (QED) is 0.808. The van der Waals surface area contributed by atoms with Crippen molar-refractivity contribution in [3.05, 3.63) is 38.8 Å². The van der Waals surface area contributed by atoms with Crippen molar-refractivity contribution in [3.63, 3.8) is 0 Å². The summed E-state index contributed by atoms with van der Waals surface area (Å²) in [5.41, 5.74) is 1.42. The fourth-order valence-electron chi connectivity index (χ4n) is 2.24. The fraction of sp³-hybridized carbons (Fsp3) is 0.333. The van der Waals surface area contributed by atoms with Gasteiger partial charge >= 0.3 is 0 Å². The molecule has 17 heavy (non-hydrogen) atoms. The third-order valence-electron chi connectivity index (χ3n) is 3.14. The maximum absolute atomic E-state index is 4.38. The summed E-state index contributed by atoms with van der Waals surface area (Å²) >= 11 is 5.22. The molecule has 2 aromatic heterocycles. The fourth-order valence-corrected chi connectivity index (χ4v) is 3.40. The Hall–Kier alpha value is -0.940. The number of nitrogens with zero attached hydrogens (tertiary/aromatic N) is 3. The van der Waals surface area contributed by atoms with Gasteiger partial charge in [0.1, 0.15) is 0 Å². The Morgan fingerprint density at radius 2 is 2.18 bits per heavy atom. The number of halogens is 1. The molecule has 1 aliphatic rings. The zero-order chi connectivity index (χ0) is 11.8. The minimum Gasteiger partial charge on any atom is -0.334 e. The molecule has 88 valence electrons. The van der Waals surface area contributed by atoms with Gasteiger partial charge in [-0.05, 0) is 46.3 Å². The first-order valence-electron chi connectivity index (χ1n) is 5.56. The molecule has 3 heterocycles. The zero-order valence-corrected chi connectivity index (χ0v) is 11.8. The predicted octanol–water partition coefficient (Wildman–Crippen LogP) is 3.42. The number of anilines is 1. The van der Waals surface area contributed by atoms with Crippen molar-refractivity contribution in [2.75, 3.05) is 11.4 Å². The van der Waals surface area contributed by atoms with E-state index in [4.69, 9.17) is 0 Å². The minimum absolute atomic E-state index is 0.367. The van der Waals surface area contributed by atoms with Crippen molar-refractivity contribution in [3.8, 4) is 0 Å². The van der Waals surface area contributed by atoms with Crippen molar-refractivity contribution in [1.82, 2.24) is 9.97 Å². The van der Waals surface area contributed by atoms with E-state index >= 15 is 0 Å². The standard InChI is InChI=1S/C12H12BrN3S/c1-8-10-3-5-17-11(10)2-4-16(8)12-14-6-9(13)7-15-12/h3,5-8H,2,4H2,1H3/t8-/m1/s1. The topological polar surface area (TPSA) is 29.0 Å². The van der Waals surface area contributed by atoms with E-state index in [2.05, 4.69) is 49.2 Å². The van der Waals surface area contributed by atoms with Crippen molar-refractivity contribution >= 4 is 33.2 Å². The summed E-state index contributed by atoms with van der Waals surface area (Å²) in [6.45, 7) is 3.21. The Balaban J connectivity index is 1.93. The molecule has 0 radical (unpaired) electrons. The average Bonchev–Trinajstić information content (AvgIpc) is 2.80. The maximum Gasteiger partial charge on any atom is 0.225 e. The highest BCUT2D eigenvalue weighted by Gasteiger charge is 2.26. The van der Waals surface area contributed by atoms with Crippen molar-refractivity contribution < 1.29 is 0 Å². The highest BCUT2D eigenvalue weighted by atomic mass is 79.9. The largest absolute Gasteiger partial charge is 0.334 e. The molecule has 1 aliphatic heterocycles. The van der Waals surface area contributed by atoms with Crippen LogP contribution in [0.4, 0.5) is 5.95 Å². The lowest BCUT2D eigenvalue weighted by Crippen LogP contribution is -2.34. The molecule has 0 saturated heterocycles. The second kappa shape index (κ2) is 4.38. The van der Waals surface area contributed by atoms with Crippen LogP contribution >= 0.6 is 27.3 Å². The molecule has 5 heteroatoms. The van der Waals surface area contributed by atoms with E-state index < -0.39 is 0 Å². The summed E-state index contributed by atoms with van der Waals surface area (Å²) in [5.74, 6) is 0.817. The number of thiophene rings is 1. The van der Waals surface area contributed by atoms with Crippen LogP contribution in [0.25, 0.3) is 0 Å². The third-order valence-corrected chi connectivity index (χ3v) is 4.55. The van der Waals surface area contributed by atoms with Crippen molar-refractivity contribution in [1.29, 1.82) is 0 Å². The van der Waals surface area contributed by atoms with Crippen LogP contribution in [0.1, 0.15) is 23.4 Å². The smallest absolute Gasteiger partial charge is 0.225 e. The molecule has 1 atom stereocenters. The molecular formula is C12H12BrN3S.